The number of carboxylic acids is 1. The third-order valence-electron chi connectivity index (χ3n) is 10.8. The number of amides is 1. The maximum atomic E-state index is 13.6. The van der Waals surface area contributed by atoms with Crippen molar-refractivity contribution in [2.45, 2.75) is 57.5 Å². The first kappa shape index (κ1) is 51.4. The van der Waals surface area contributed by atoms with Crippen LogP contribution in [0.4, 0.5) is 26.3 Å². The van der Waals surface area contributed by atoms with Crippen LogP contribution < -0.4 is 14.8 Å². The standard InChI is InChI=1S/C23H19F3N4O3.C12H8N2O3.C11H13F3N2O.CH4.HI/c24-23(25,26)16-8-9-18(27-13-16)33-14-17-7-4-10-29(17)21(31)20-19(15-5-2-1-3-6-15)28-22-30(20)11-12-32-22;15-11(16)10-9(8-4-2-1-3-5-8)13-12-14(10)6-7-17-12;12-11(13,14)8-3-4-10(16-6-8)17-7-9-2-1-5-15-9;;/h1-3,5-6,8-9,11-13,17H,4,7,10,14H2;1-7H,(H,15,16);3-4,6,9,15H,1-2,5,7H2;1H4;1H/t17-;;9-;;/m0.0../s1. The van der Waals surface area contributed by atoms with Crippen LogP contribution in [0.25, 0.3) is 34.2 Å². The zero-order valence-corrected chi connectivity index (χ0v) is 37.9. The summed E-state index contributed by atoms with van der Waals surface area (Å²) in [6.45, 7) is 2.07. The molecule has 2 atom stereocenters. The van der Waals surface area contributed by atoms with E-state index >= 15 is 0 Å². The van der Waals surface area contributed by atoms with Crippen LogP contribution in [0.5, 0.6) is 11.8 Å². The molecule has 364 valence electrons. The summed E-state index contributed by atoms with van der Waals surface area (Å²) in [6, 6.07) is 22.9. The highest BCUT2D eigenvalue weighted by Gasteiger charge is 2.35. The van der Waals surface area contributed by atoms with Crippen LogP contribution in [0.1, 0.15) is 65.2 Å². The predicted octanol–water partition coefficient (Wildman–Crippen LogP) is 10.5. The molecule has 2 aromatic carbocycles. The molecule has 6 aromatic heterocycles. The highest BCUT2D eigenvalue weighted by Crippen LogP contribution is 2.32. The Hall–Kier alpha value is -6.95. The van der Waals surface area contributed by atoms with E-state index in [1.807, 2.05) is 60.7 Å². The van der Waals surface area contributed by atoms with Crippen LogP contribution in [0.2, 0.25) is 0 Å². The van der Waals surface area contributed by atoms with Crippen molar-refractivity contribution >= 4 is 47.5 Å². The van der Waals surface area contributed by atoms with Crippen LogP contribution >= 0.6 is 24.0 Å². The lowest BCUT2D eigenvalue weighted by Gasteiger charge is -2.24. The molecule has 2 fully saturated rings. The van der Waals surface area contributed by atoms with Crippen molar-refractivity contribution in [3.05, 3.63) is 145 Å². The van der Waals surface area contributed by atoms with Gasteiger partial charge in [-0.3, -0.25) is 13.6 Å². The number of halogens is 7. The number of ether oxygens (including phenoxy) is 2. The van der Waals surface area contributed by atoms with E-state index in [4.69, 9.17) is 18.3 Å². The number of hydrogen-bond acceptors (Lipinski definition) is 11. The average Bonchev–Trinajstić information content (AvgIpc) is 4.19. The summed E-state index contributed by atoms with van der Waals surface area (Å²) in [6.07, 6.45) is 2.41. The summed E-state index contributed by atoms with van der Waals surface area (Å²) >= 11 is 0. The quantitative estimate of drug-likeness (QED) is 0.0981. The van der Waals surface area contributed by atoms with E-state index in [1.54, 1.807) is 15.5 Å². The Bertz CT molecular complexity index is 2900. The zero-order chi connectivity index (χ0) is 47.1. The fourth-order valence-electron chi connectivity index (χ4n) is 7.52. The van der Waals surface area contributed by atoms with Crippen LogP contribution in [-0.2, 0) is 12.4 Å². The Labute approximate surface area is 407 Å². The van der Waals surface area contributed by atoms with Crippen molar-refractivity contribution in [3.8, 4) is 34.3 Å². The summed E-state index contributed by atoms with van der Waals surface area (Å²) in [5, 5.41) is 12.5. The van der Waals surface area contributed by atoms with Gasteiger partial charge in [-0.1, -0.05) is 68.1 Å². The van der Waals surface area contributed by atoms with Crippen LogP contribution in [0.3, 0.4) is 0 Å². The van der Waals surface area contributed by atoms with Crippen molar-refractivity contribution < 1.29 is 59.3 Å². The Kier molecular flexibility index (Phi) is 16.7. The van der Waals surface area contributed by atoms with Gasteiger partial charge in [0.1, 0.15) is 42.8 Å². The third kappa shape index (κ3) is 12.2. The maximum Gasteiger partial charge on any atom is 0.417 e. The first-order valence-corrected chi connectivity index (χ1v) is 20.9. The summed E-state index contributed by atoms with van der Waals surface area (Å²) in [4.78, 5) is 42.7. The summed E-state index contributed by atoms with van der Waals surface area (Å²) in [7, 11) is 0. The number of benzene rings is 2. The van der Waals surface area contributed by atoms with Crippen molar-refractivity contribution in [1.29, 1.82) is 0 Å². The molecule has 0 radical (unpaired) electrons. The number of pyridine rings is 2. The number of oxazole rings is 2. The van der Waals surface area contributed by atoms with Gasteiger partial charge >= 0.3 is 30.0 Å². The normalized spacial score (nSPS) is 15.6. The molecule has 2 aliphatic rings. The van der Waals surface area contributed by atoms with Gasteiger partial charge in [0.15, 0.2) is 5.69 Å². The highest BCUT2D eigenvalue weighted by atomic mass is 127. The van der Waals surface area contributed by atoms with Crippen molar-refractivity contribution in [1.82, 2.24) is 39.0 Å². The van der Waals surface area contributed by atoms with Gasteiger partial charge < -0.3 is 33.6 Å². The molecule has 2 aliphatic heterocycles. The number of carbonyl (C=O) groups is 2. The van der Waals surface area contributed by atoms with Gasteiger partial charge in [-0.05, 0) is 44.4 Å². The fourth-order valence-corrected chi connectivity index (χ4v) is 7.52. The summed E-state index contributed by atoms with van der Waals surface area (Å²) in [5.74, 6) is -0.341. The van der Waals surface area contributed by atoms with Crippen LogP contribution in [-0.4, -0.2) is 89.0 Å². The Morgan fingerprint density at radius 3 is 1.67 bits per heavy atom. The van der Waals surface area contributed by atoms with Crippen LogP contribution in [0.15, 0.2) is 131 Å². The Morgan fingerprint density at radius 1 is 0.696 bits per heavy atom. The predicted molar refractivity (Wildman–Crippen MR) is 249 cm³/mol. The molecule has 0 spiro atoms. The first-order valence-electron chi connectivity index (χ1n) is 20.9. The topological polar surface area (TPSA) is 175 Å². The molecule has 2 N–H and O–H groups in total. The lowest BCUT2D eigenvalue weighted by atomic mass is 10.1. The smallest absolute Gasteiger partial charge is 0.417 e. The second-order valence-corrected chi connectivity index (χ2v) is 15.2. The minimum Gasteiger partial charge on any atom is -0.476 e. The fraction of sp³-hybridized carbons (Fsp3) is 0.277. The molecule has 10 rings (SSSR count). The molecule has 8 aromatic rings. The third-order valence-corrected chi connectivity index (χ3v) is 10.8. The van der Waals surface area contributed by atoms with E-state index in [0.29, 0.717) is 42.5 Å². The Balaban J connectivity index is 0.000000184. The molecule has 2 saturated heterocycles. The molecule has 0 unspecified atom stereocenters. The second-order valence-electron chi connectivity index (χ2n) is 15.2. The van der Waals surface area contributed by atoms with Gasteiger partial charge in [-0.25, -0.2) is 14.8 Å². The van der Waals surface area contributed by atoms with Gasteiger partial charge in [-0.15, -0.1) is 24.0 Å². The first-order chi connectivity index (χ1) is 32.2. The van der Waals surface area contributed by atoms with E-state index in [9.17, 15) is 41.0 Å². The number of carboxylic acid groups (broad SMARTS) is 1. The number of hydrogen-bond donors (Lipinski definition) is 2. The SMILES string of the molecule is C.FC(F)(F)c1ccc(OC[C@@H]2CCCN2)nc1.I.O=C(O)c1c(-c2ccccc2)nc2occn12.O=C(c1c(-c2ccccc2)nc2occn12)N1CCC[C@H]1COc1ccc(C(F)(F)F)cn1. The van der Waals surface area contributed by atoms with Gasteiger partial charge in [0.2, 0.25) is 11.8 Å². The van der Waals surface area contributed by atoms with E-state index in [-0.39, 0.29) is 79.3 Å². The summed E-state index contributed by atoms with van der Waals surface area (Å²) < 4.78 is 99.5. The number of carbonyl (C=O) groups excluding carboxylic acids is 1. The molecule has 0 bridgehead atoms. The number of alkyl halides is 6. The largest absolute Gasteiger partial charge is 0.476 e. The van der Waals surface area contributed by atoms with E-state index < -0.39 is 29.4 Å². The Morgan fingerprint density at radius 2 is 1.20 bits per heavy atom. The van der Waals surface area contributed by atoms with Gasteiger partial charge in [-0.2, -0.15) is 36.3 Å². The van der Waals surface area contributed by atoms with E-state index in [2.05, 4.69) is 25.3 Å². The molecule has 0 aliphatic carbocycles. The molecule has 22 heteroatoms. The molecular formula is C47H45F6IN8O7. The number of nitrogens with zero attached hydrogens (tertiary/aromatic N) is 7. The molecule has 1 amide bonds. The average molecular weight is 1070 g/mol. The van der Waals surface area contributed by atoms with Crippen molar-refractivity contribution in [2.75, 3.05) is 26.3 Å². The number of aromatic nitrogens is 6. The van der Waals surface area contributed by atoms with Gasteiger partial charge in [0, 0.05) is 60.6 Å². The molecule has 8 heterocycles. The molecular weight excluding hydrogens is 1030 g/mol. The zero-order valence-electron chi connectivity index (χ0n) is 35.6. The van der Waals surface area contributed by atoms with Crippen molar-refractivity contribution in [2.24, 2.45) is 0 Å². The minimum atomic E-state index is -4.46. The van der Waals surface area contributed by atoms with Gasteiger partial charge in [0.25, 0.3) is 5.91 Å². The molecule has 69 heavy (non-hydrogen) atoms. The number of fused-ring (bicyclic) bond motifs is 2. The number of imidazole rings is 2. The van der Waals surface area contributed by atoms with E-state index in [1.165, 1.54) is 35.3 Å². The lowest BCUT2D eigenvalue weighted by molar-refractivity contribution is -0.138. The molecule has 0 saturated carbocycles. The highest BCUT2D eigenvalue weighted by molar-refractivity contribution is 14.0. The maximum absolute atomic E-state index is 13.6. The van der Waals surface area contributed by atoms with Crippen LogP contribution in [0, 0.1) is 0 Å². The number of likely N-dealkylation sites (tertiary alicyclic amines) is 1. The van der Waals surface area contributed by atoms with Gasteiger partial charge in [0.05, 0.1) is 17.2 Å². The van der Waals surface area contributed by atoms with E-state index in [0.717, 1.165) is 61.5 Å². The summed E-state index contributed by atoms with van der Waals surface area (Å²) in [5.41, 5.74) is 1.39. The lowest BCUT2D eigenvalue weighted by Crippen LogP contribution is -2.39. The number of nitrogens with one attached hydrogen (secondary N) is 1. The monoisotopic (exact) mass is 1070 g/mol. The molecule has 15 nitrogen and oxygen atoms in total. The number of aromatic carboxylic acids is 1. The second kappa shape index (κ2) is 22.4. The van der Waals surface area contributed by atoms with Crippen molar-refractivity contribution in [3.63, 3.8) is 0 Å². The number of rotatable bonds is 10. The minimum absolute atomic E-state index is 0.